The number of carbonyl (C=O) groups excluding carboxylic acids is 1. The molecule has 0 saturated carbocycles. The number of nitrogens with one attached hydrogen (secondary N) is 1. The maximum Gasteiger partial charge on any atom is 0.226 e. The van der Waals surface area contributed by atoms with Gasteiger partial charge in [0.2, 0.25) is 5.91 Å². The second kappa shape index (κ2) is 6.64. The molecule has 18 heavy (non-hydrogen) atoms. The minimum absolute atomic E-state index is 0.0135. The van der Waals surface area contributed by atoms with E-state index < -0.39 is 5.41 Å². The van der Waals surface area contributed by atoms with Gasteiger partial charge in [0.05, 0.1) is 12.5 Å². The van der Waals surface area contributed by atoms with E-state index in [1.165, 1.54) is 0 Å². The second-order valence-corrected chi connectivity index (χ2v) is 5.14. The van der Waals surface area contributed by atoms with Gasteiger partial charge in [0.15, 0.2) is 0 Å². The van der Waals surface area contributed by atoms with Gasteiger partial charge in [0.1, 0.15) is 5.75 Å². The van der Waals surface area contributed by atoms with Crippen LogP contribution in [0, 0.1) is 5.41 Å². The van der Waals surface area contributed by atoms with Gasteiger partial charge in [0, 0.05) is 12.4 Å². The number of carbonyl (C=O) groups is 1. The standard InChI is InChI=1S/C14H20ClNO2/c1-14(2,10-15)13(17)16-8-7-11-5-4-6-12(9-11)18-3/h4-6,9H,7-8,10H2,1-3H3,(H,16,17). The van der Waals surface area contributed by atoms with E-state index in [9.17, 15) is 4.79 Å². The highest BCUT2D eigenvalue weighted by atomic mass is 35.5. The summed E-state index contributed by atoms with van der Waals surface area (Å²) < 4.78 is 5.15. The molecule has 3 nitrogen and oxygen atoms in total. The van der Waals surface area contributed by atoms with Crippen LogP contribution in [0.5, 0.6) is 5.75 Å². The first-order valence-electron chi connectivity index (χ1n) is 5.97. The Kier molecular flexibility index (Phi) is 5.48. The number of methoxy groups -OCH3 is 1. The molecule has 0 bridgehead atoms. The van der Waals surface area contributed by atoms with Crippen molar-refractivity contribution in [3.05, 3.63) is 29.8 Å². The lowest BCUT2D eigenvalue weighted by atomic mass is 9.95. The number of halogens is 1. The van der Waals surface area contributed by atoms with Crippen LogP contribution in [0.4, 0.5) is 0 Å². The molecular formula is C14H20ClNO2. The van der Waals surface area contributed by atoms with Crippen LogP contribution in [0.3, 0.4) is 0 Å². The van der Waals surface area contributed by atoms with Crippen LogP contribution in [-0.2, 0) is 11.2 Å². The summed E-state index contributed by atoms with van der Waals surface area (Å²) in [6.07, 6.45) is 0.779. The summed E-state index contributed by atoms with van der Waals surface area (Å²) in [6.45, 7) is 4.27. The molecule has 1 rings (SSSR count). The molecule has 0 saturated heterocycles. The van der Waals surface area contributed by atoms with Crippen molar-refractivity contribution in [1.29, 1.82) is 0 Å². The summed E-state index contributed by atoms with van der Waals surface area (Å²) in [7, 11) is 1.64. The van der Waals surface area contributed by atoms with Crippen molar-refractivity contribution in [1.82, 2.24) is 5.32 Å². The van der Waals surface area contributed by atoms with Gasteiger partial charge >= 0.3 is 0 Å². The predicted octanol–water partition coefficient (Wildman–Crippen LogP) is 2.62. The van der Waals surface area contributed by atoms with Crippen molar-refractivity contribution < 1.29 is 9.53 Å². The average molecular weight is 270 g/mol. The summed E-state index contributed by atoms with van der Waals surface area (Å²) in [5, 5.41) is 2.90. The maximum absolute atomic E-state index is 11.8. The van der Waals surface area contributed by atoms with Crippen LogP contribution in [0.15, 0.2) is 24.3 Å². The van der Waals surface area contributed by atoms with Gasteiger partial charge in [0.25, 0.3) is 0 Å². The summed E-state index contributed by atoms with van der Waals surface area (Å²) in [5.74, 6) is 1.14. The average Bonchev–Trinajstić information content (AvgIpc) is 2.38. The minimum Gasteiger partial charge on any atom is -0.497 e. The number of benzene rings is 1. The third-order valence-corrected chi connectivity index (χ3v) is 3.45. The SMILES string of the molecule is COc1cccc(CCNC(=O)C(C)(C)CCl)c1. The molecule has 4 heteroatoms. The second-order valence-electron chi connectivity index (χ2n) is 4.87. The van der Waals surface area contributed by atoms with Crippen molar-refractivity contribution in [2.75, 3.05) is 19.5 Å². The Hall–Kier alpha value is -1.22. The Labute approximate surface area is 113 Å². The zero-order chi connectivity index (χ0) is 13.6. The molecule has 0 fully saturated rings. The lowest BCUT2D eigenvalue weighted by Gasteiger charge is -2.20. The van der Waals surface area contributed by atoms with Crippen LogP contribution in [0.2, 0.25) is 0 Å². The summed E-state index contributed by atoms with van der Waals surface area (Å²) in [6, 6.07) is 7.83. The lowest BCUT2D eigenvalue weighted by Crippen LogP contribution is -2.39. The highest BCUT2D eigenvalue weighted by molar-refractivity contribution is 6.19. The summed E-state index contributed by atoms with van der Waals surface area (Å²) >= 11 is 5.75. The molecule has 1 aromatic carbocycles. The van der Waals surface area contributed by atoms with Gasteiger partial charge in [-0.25, -0.2) is 0 Å². The van der Waals surface area contributed by atoms with E-state index in [1.54, 1.807) is 7.11 Å². The van der Waals surface area contributed by atoms with Crippen LogP contribution in [0.1, 0.15) is 19.4 Å². The molecule has 1 amide bonds. The fourth-order valence-corrected chi connectivity index (χ4v) is 1.57. The molecule has 0 spiro atoms. The van der Waals surface area contributed by atoms with Crippen molar-refractivity contribution >= 4 is 17.5 Å². The van der Waals surface area contributed by atoms with E-state index in [1.807, 2.05) is 38.1 Å². The highest BCUT2D eigenvalue weighted by Gasteiger charge is 2.25. The summed E-state index contributed by atoms with van der Waals surface area (Å²) in [5.41, 5.74) is 0.619. The van der Waals surface area contributed by atoms with Gasteiger partial charge in [-0.2, -0.15) is 0 Å². The molecule has 0 aliphatic carbocycles. The van der Waals surface area contributed by atoms with E-state index in [0.717, 1.165) is 17.7 Å². The molecule has 0 radical (unpaired) electrons. The first-order chi connectivity index (χ1) is 8.49. The molecule has 1 N–H and O–H groups in total. The molecule has 0 aliphatic heterocycles. The lowest BCUT2D eigenvalue weighted by molar-refractivity contribution is -0.128. The smallest absolute Gasteiger partial charge is 0.226 e. The number of ether oxygens (including phenoxy) is 1. The number of hydrogen-bond acceptors (Lipinski definition) is 2. The zero-order valence-corrected chi connectivity index (χ0v) is 11.9. The van der Waals surface area contributed by atoms with Crippen molar-refractivity contribution in [2.24, 2.45) is 5.41 Å². The normalized spacial score (nSPS) is 11.1. The van der Waals surface area contributed by atoms with Gasteiger partial charge in [-0.1, -0.05) is 12.1 Å². The first-order valence-corrected chi connectivity index (χ1v) is 6.50. The van der Waals surface area contributed by atoms with Crippen LogP contribution < -0.4 is 10.1 Å². The van der Waals surface area contributed by atoms with Crippen molar-refractivity contribution in [3.8, 4) is 5.75 Å². The van der Waals surface area contributed by atoms with E-state index in [-0.39, 0.29) is 5.91 Å². The monoisotopic (exact) mass is 269 g/mol. The Balaban J connectivity index is 2.44. The minimum atomic E-state index is -0.518. The number of alkyl halides is 1. The molecule has 0 atom stereocenters. The fraction of sp³-hybridized carbons (Fsp3) is 0.500. The van der Waals surface area contributed by atoms with E-state index in [2.05, 4.69) is 5.32 Å². The largest absolute Gasteiger partial charge is 0.497 e. The quantitative estimate of drug-likeness (QED) is 0.807. The van der Waals surface area contributed by atoms with E-state index in [4.69, 9.17) is 16.3 Å². The first kappa shape index (κ1) is 14.8. The van der Waals surface area contributed by atoms with Gasteiger partial charge in [-0.3, -0.25) is 4.79 Å². The van der Waals surface area contributed by atoms with Gasteiger partial charge in [-0.05, 0) is 38.0 Å². The number of amides is 1. The predicted molar refractivity (Wildman–Crippen MR) is 74.2 cm³/mol. The fourth-order valence-electron chi connectivity index (χ4n) is 1.45. The molecular weight excluding hydrogens is 250 g/mol. The molecule has 0 unspecified atom stereocenters. The Bertz CT molecular complexity index is 405. The Morgan fingerprint density at radius 3 is 2.78 bits per heavy atom. The van der Waals surface area contributed by atoms with Crippen LogP contribution in [0.25, 0.3) is 0 Å². The van der Waals surface area contributed by atoms with Crippen LogP contribution in [-0.4, -0.2) is 25.4 Å². The molecule has 0 aromatic heterocycles. The number of rotatable bonds is 6. The van der Waals surface area contributed by atoms with Crippen LogP contribution >= 0.6 is 11.6 Å². The molecule has 0 heterocycles. The van der Waals surface area contributed by atoms with E-state index in [0.29, 0.717) is 12.4 Å². The molecule has 0 aliphatic rings. The third-order valence-electron chi connectivity index (χ3n) is 2.78. The highest BCUT2D eigenvalue weighted by Crippen LogP contribution is 2.17. The van der Waals surface area contributed by atoms with E-state index >= 15 is 0 Å². The van der Waals surface area contributed by atoms with Crippen molar-refractivity contribution in [2.45, 2.75) is 20.3 Å². The van der Waals surface area contributed by atoms with Gasteiger partial charge in [-0.15, -0.1) is 11.6 Å². The maximum atomic E-state index is 11.8. The number of hydrogen-bond donors (Lipinski definition) is 1. The van der Waals surface area contributed by atoms with Crippen molar-refractivity contribution in [3.63, 3.8) is 0 Å². The topological polar surface area (TPSA) is 38.3 Å². The summed E-state index contributed by atoms with van der Waals surface area (Å²) in [4.78, 5) is 11.8. The van der Waals surface area contributed by atoms with Gasteiger partial charge < -0.3 is 10.1 Å². The Morgan fingerprint density at radius 1 is 1.44 bits per heavy atom. The zero-order valence-electron chi connectivity index (χ0n) is 11.1. The molecule has 100 valence electrons. The third kappa shape index (κ3) is 4.22. The molecule has 1 aromatic rings. The Morgan fingerprint density at radius 2 is 2.17 bits per heavy atom.